The third-order valence-electron chi connectivity index (χ3n) is 3.28. The van der Waals surface area contributed by atoms with Gasteiger partial charge in [-0.2, -0.15) is 0 Å². The number of sulfonamides is 1. The van der Waals surface area contributed by atoms with E-state index in [0.717, 1.165) is 12.0 Å². The molecule has 0 radical (unpaired) electrons. The molecule has 0 aliphatic rings. The zero-order chi connectivity index (χ0) is 16.2. The zero-order valence-electron chi connectivity index (χ0n) is 12.8. The summed E-state index contributed by atoms with van der Waals surface area (Å²) in [5.74, 6) is 0.848. The van der Waals surface area contributed by atoms with Crippen molar-refractivity contribution in [1.82, 2.24) is 0 Å². The molecule has 0 aliphatic heterocycles. The van der Waals surface area contributed by atoms with E-state index >= 15 is 0 Å². The minimum atomic E-state index is -3.68. The van der Waals surface area contributed by atoms with Crippen LogP contribution >= 0.6 is 0 Å². The molecule has 0 heterocycles. The van der Waals surface area contributed by atoms with E-state index < -0.39 is 10.0 Å². The fourth-order valence-corrected chi connectivity index (χ4v) is 3.08. The van der Waals surface area contributed by atoms with Crippen LogP contribution in [0.15, 0.2) is 47.4 Å². The lowest BCUT2D eigenvalue weighted by atomic mass is 10.2. The highest BCUT2D eigenvalue weighted by Gasteiger charge is 2.17. The average Bonchev–Trinajstić information content (AvgIpc) is 2.54. The van der Waals surface area contributed by atoms with Crippen molar-refractivity contribution in [3.63, 3.8) is 0 Å². The molecule has 0 saturated carbocycles. The summed E-state index contributed by atoms with van der Waals surface area (Å²) < 4.78 is 37.6. The third-order valence-corrected chi connectivity index (χ3v) is 4.66. The highest BCUT2D eigenvalue weighted by molar-refractivity contribution is 7.92. The molecule has 6 heteroatoms. The Morgan fingerprint density at radius 2 is 1.59 bits per heavy atom. The third kappa shape index (κ3) is 3.51. The van der Waals surface area contributed by atoms with Crippen LogP contribution in [0.3, 0.4) is 0 Å². The maximum Gasteiger partial charge on any atom is 0.262 e. The molecule has 0 saturated heterocycles. The van der Waals surface area contributed by atoms with Gasteiger partial charge in [0.05, 0.1) is 19.1 Å². The fourth-order valence-electron chi connectivity index (χ4n) is 2.01. The molecule has 1 N–H and O–H groups in total. The average molecular weight is 321 g/mol. The van der Waals surface area contributed by atoms with Gasteiger partial charge < -0.3 is 9.47 Å². The number of anilines is 1. The normalized spacial score (nSPS) is 11.0. The second kappa shape index (κ2) is 6.70. The first-order valence-corrected chi connectivity index (χ1v) is 8.32. The lowest BCUT2D eigenvalue weighted by Gasteiger charge is -2.12. The standard InChI is InChI=1S/C16H19NO4S/c1-4-12-5-7-13(8-6-12)17-22(18,19)14-9-10-15(20-2)16(11-14)21-3/h5-11,17H,4H2,1-3H3. The molecule has 0 aliphatic carbocycles. The summed E-state index contributed by atoms with van der Waals surface area (Å²) in [6.07, 6.45) is 0.905. The van der Waals surface area contributed by atoms with Crippen molar-refractivity contribution in [2.45, 2.75) is 18.2 Å². The molecule has 0 amide bonds. The Morgan fingerprint density at radius 3 is 2.14 bits per heavy atom. The summed E-state index contributed by atoms with van der Waals surface area (Å²) >= 11 is 0. The van der Waals surface area contributed by atoms with E-state index in [4.69, 9.17) is 9.47 Å². The maximum atomic E-state index is 12.4. The Labute approximate surface area is 130 Å². The zero-order valence-corrected chi connectivity index (χ0v) is 13.6. The van der Waals surface area contributed by atoms with Gasteiger partial charge in [0.25, 0.3) is 10.0 Å². The number of ether oxygens (including phenoxy) is 2. The van der Waals surface area contributed by atoms with Gasteiger partial charge in [-0.25, -0.2) is 8.42 Å². The van der Waals surface area contributed by atoms with Crippen LogP contribution in [0.1, 0.15) is 12.5 Å². The van der Waals surface area contributed by atoms with Gasteiger partial charge in [-0.15, -0.1) is 0 Å². The van der Waals surface area contributed by atoms with Gasteiger partial charge in [0.2, 0.25) is 0 Å². The monoisotopic (exact) mass is 321 g/mol. The van der Waals surface area contributed by atoms with Crippen molar-refractivity contribution in [3.05, 3.63) is 48.0 Å². The second-order valence-electron chi connectivity index (χ2n) is 4.67. The van der Waals surface area contributed by atoms with E-state index in [-0.39, 0.29) is 4.90 Å². The van der Waals surface area contributed by atoms with Gasteiger partial charge in [-0.05, 0) is 36.2 Å². The number of methoxy groups -OCH3 is 2. The van der Waals surface area contributed by atoms with E-state index in [9.17, 15) is 8.42 Å². The van der Waals surface area contributed by atoms with E-state index in [0.29, 0.717) is 17.2 Å². The Balaban J connectivity index is 2.29. The predicted octanol–water partition coefficient (Wildman–Crippen LogP) is 3.07. The maximum absolute atomic E-state index is 12.4. The van der Waals surface area contributed by atoms with Gasteiger partial charge in [0.1, 0.15) is 0 Å². The summed E-state index contributed by atoms with van der Waals surface area (Å²) in [6.45, 7) is 2.04. The Hall–Kier alpha value is -2.21. The van der Waals surface area contributed by atoms with Crippen molar-refractivity contribution in [2.75, 3.05) is 18.9 Å². The molecule has 2 aromatic rings. The van der Waals surface area contributed by atoms with Crippen molar-refractivity contribution < 1.29 is 17.9 Å². The number of nitrogens with one attached hydrogen (secondary N) is 1. The van der Waals surface area contributed by atoms with E-state index in [2.05, 4.69) is 4.72 Å². The fraction of sp³-hybridized carbons (Fsp3) is 0.250. The number of hydrogen-bond acceptors (Lipinski definition) is 4. The Kier molecular flexibility index (Phi) is 4.92. The molecular formula is C16H19NO4S. The minimum absolute atomic E-state index is 0.115. The molecule has 0 bridgehead atoms. The van der Waals surface area contributed by atoms with Crippen LogP contribution in [0.5, 0.6) is 11.5 Å². The summed E-state index contributed by atoms with van der Waals surface area (Å²) in [7, 11) is -0.713. The molecule has 0 spiro atoms. The molecule has 0 aromatic heterocycles. The molecule has 22 heavy (non-hydrogen) atoms. The van der Waals surface area contributed by atoms with Crippen molar-refractivity contribution in [1.29, 1.82) is 0 Å². The highest BCUT2D eigenvalue weighted by atomic mass is 32.2. The van der Waals surface area contributed by atoms with Crippen LogP contribution in [0.4, 0.5) is 5.69 Å². The largest absolute Gasteiger partial charge is 0.493 e. The Bertz CT molecular complexity index is 739. The van der Waals surface area contributed by atoms with Crippen molar-refractivity contribution in [3.8, 4) is 11.5 Å². The molecular weight excluding hydrogens is 302 g/mol. The first-order valence-electron chi connectivity index (χ1n) is 6.84. The number of benzene rings is 2. The van der Waals surface area contributed by atoms with Gasteiger partial charge in [-0.3, -0.25) is 4.72 Å². The number of aryl methyl sites for hydroxylation is 1. The SMILES string of the molecule is CCc1ccc(NS(=O)(=O)c2ccc(OC)c(OC)c2)cc1. The number of rotatable bonds is 6. The summed E-state index contributed by atoms with van der Waals surface area (Å²) in [4.78, 5) is 0.115. The minimum Gasteiger partial charge on any atom is -0.493 e. The van der Waals surface area contributed by atoms with Crippen LogP contribution in [0.25, 0.3) is 0 Å². The smallest absolute Gasteiger partial charge is 0.262 e. The van der Waals surface area contributed by atoms with Gasteiger partial charge in [0.15, 0.2) is 11.5 Å². The molecule has 118 valence electrons. The van der Waals surface area contributed by atoms with Crippen LogP contribution in [0.2, 0.25) is 0 Å². The van der Waals surface area contributed by atoms with Crippen LogP contribution in [-0.4, -0.2) is 22.6 Å². The van der Waals surface area contributed by atoms with E-state index in [1.807, 2.05) is 19.1 Å². The van der Waals surface area contributed by atoms with Crippen LogP contribution in [-0.2, 0) is 16.4 Å². The molecule has 0 fully saturated rings. The van der Waals surface area contributed by atoms with Gasteiger partial charge in [-0.1, -0.05) is 19.1 Å². The second-order valence-corrected chi connectivity index (χ2v) is 6.36. The predicted molar refractivity (Wildman–Crippen MR) is 86.2 cm³/mol. The lowest BCUT2D eigenvalue weighted by molar-refractivity contribution is 0.354. The topological polar surface area (TPSA) is 64.6 Å². The quantitative estimate of drug-likeness (QED) is 0.888. The summed E-state index contributed by atoms with van der Waals surface area (Å²) in [6, 6.07) is 11.8. The summed E-state index contributed by atoms with van der Waals surface area (Å²) in [5.41, 5.74) is 1.67. The van der Waals surface area contributed by atoms with Gasteiger partial charge >= 0.3 is 0 Å². The first-order chi connectivity index (χ1) is 10.5. The first kappa shape index (κ1) is 16.2. The van der Waals surface area contributed by atoms with Gasteiger partial charge in [0, 0.05) is 11.8 Å². The van der Waals surface area contributed by atoms with Crippen LogP contribution in [0, 0.1) is 0 Å². The lowest BCUT2D eigenvalue weighted by Crippen LogP contribution is -2.13. The molecule has 2 rings (SSSR count). The van der Waals surface area contributed by atoms with Crippen molar-refractivity contribution >= 4 is 15.7 Å². The van der Waals surface area contributed by atoms with E-state index in [1.165, 1.54) is 26.4 Å². The molecule has 2 aromatic carbocycles. The number of hydrogen-bond donors (Lipinski definition) is 1. The van der Waals surface area contributed by atoms with E-state index in [1.54, 1.807) is 18.2 Å². The highest BCUT2D eigenvalue weighted by Crippen LogP contribution is 2.30. The summed E-state index contributed by atoms with van der Waals surface area (Å²) in [5, 5.41) is 0. The van der Waals surface area contributed by atoms with Crippen molar-refractivity contribution in [2.24, 2.45) is 0 Å². The van der Waals surface area contributed by atoms with Crippen LogP contribution < -0.4 is 14.2 Å². The molecule has 5 nitrogen and oxygen atoms in total. The molecule has 0 atom stereocenters. The molecule has 0 unspecified atom stereocenters. The Morgan fingerprint density at radius 1 is 0.955 bits per heavy atom.